The lowest BCUT2D eigenvalue weighted by molar-refractivity contribution is 0.0602. The molecule has 6 aromatic rings. The third-order valence-electron chi connectivity index (χ3n) is 7.08. The molecular weight excluding hydrogens is 525 g/mol. The van der Waals surface area contributed by atoms with Crippen LogP contribution in [0.25, 0.3) is 44.1 Å². The molecule has 5 aromatic carbocycles. The number of fused-ring (bicyclic) bond motifs is 2. The Hall–Kier alpha value is -4.75. The number of halogens is 1. The van der Waals surface area contributed by atoms with E-state index in [1.807, 2.05) is 49.4 Å². The van der Waals surface area contributed by atoms with Crippen LogP contribution < -0.4 is 0 Å². The Morgan fingerprint density at radius 2 is 1.45 bits per heavy atom. The van der Waals surface area contributed by atoms with Crippen molar-refractivity contribution in [2.75, 3.05) is 7.11 Å². The first-order chi connectivity index (χ1) is 19.3. The fraction of sp³-hybridized carbons (Fsp3) is 0.0606. The molecule has 5 nitrogen and oxygen atoms in total. The van der Waals surface area contributed by atoms with Gasteiger partial charge in [0.15, 0.2) is 0 Å². The zero-order valence-corrected chi connectivity index (χ0v) is 22.6. The SMILES string of the molecule is COC(=O)c1ccc2ccc(F)cc2c1-c1c(-c2ccccc2)n(S(=O)(=O)c2ccc(C)cc2)c2ccccc12. The van der Waals surface area contributed by atoms with Crippen LogP contribution in [0.2, 0.25) is 0 Å². The maximum Gasteiger partial charge on any atom is 0.338 e. The molecule has 0 amide bonds. The van der Waals surface area contributed by atoms with Crippen molar-refractivity contribution >= 4 is 37.7 Å². The number of nitrogens with zero attached hydrogens (tertiary/aromatic N) is 1. The van der Waals surface area contributed by atoms with Crippen LogP contribution in [-0.4, -0.2) is 25.5 Å². The van der Waals surface area contributed by atoms with Gasteiger partial charge in [0.2, 0.25) is 0 Å². The number of carbonyl (C=O) groups excluding carboxylic acids is 1. The molecule has 0 saturated heterocycles. The van der Waals surface area contributed by atoms with Crippen LogP contribution in [-0.2, 0) is 14.8 Å². The highest BCUT2D eigenvalue weighted by molar-refractivity contribution is 7.90. The van der Waals surface area contributed by atoms with E-state index < -0.39 is 21.8 Å². The van der Waals surface area contributed by atoms with Crippen molar-refractivity contribution in [1.29, 1.82) is 0 Å². The van der Waals surface area contributed by atoms with Crippen LogP contribution in [0.4, 0.5) is 4.39 Å². The number of hydrogen-bond donors (Lipinski definition) is 0. The molecule has 0 unspecified atom stereocenters. The molecule has 0 bridgehead atoms. The van der Waals surface area contributed by atoms with Gasteiger partial charge in [-0.15, -0.1) is 0 Å². The van der Waals surface area contributed by atoms with Gasteiger partial charge in [-0.3, -0.25) is 0 Å². The third-order valence-corrected chi connectivity index (χ3v) is 8.81. The summed E-state index contributed by atoms with van der Waals surface area (Å²) in [7, 11) is -2.84. The number of esters is 1. The number of rotatable bonds is 5. The molecule has 198 valence electrons. The second kappa shape index (κ2) is 9.77. The van der Waals surface area contributed by atoms with Gasteiger partial charge in [0, 0.05) is 16.5 Å². The summed E-state index contributed by atoms with van der Waals surface area (Å²) in [6, 6.07) is 30.7. The zero-order chi connectivity index (χ0) is 28.0. The van der Waals surface area contributed by atoms with E-state index in [2.05, 4.69) is 0 Å². The molecule has 6 rings (SSSR count). The molecule has 0 radical (unpaired) electrons. The Morgan fingerprint density at radius 1 is 0.775 bits per heavy atom. The maximum absolute atomic E-state index is 14.7. The fourth-order valence-electron chi connectivity index (χ4n) is 5.23. The number of methoxy groups -OCH3 is 1. The number of hydrogen-bond acceptors (Lipinski definition) is 4. The molecule has 0 spiro atoms. The minimum atomic E-state index is -4.12. The van der Waals surface area contributed by atoms with E-state index in [0.717, 1.165) is 5.56 Å². The normalized spacial score (nSPS) is 11.7. The highest BCUT2D eigenvalue weighted by atomic mass is 32.2. The molecular formula is C33H24FNO4S. The molecule has 0 atom stereocenters. The molecule has 40 heavy (non-hydrogen) atoms. The van der Waals surface area contributed by atoms with Crippen LogP contribution in [0.1, 0.15) is 15.9 Å². The molecule has 1 aromatic heterocycles. The molecule has 0 fully saturated rings. The Kier molecular flexibility index (Phi) is 6.24. The predicted molar refractivity (Wildman–Crippen MR) is 155 cm³/mol. The quantitative estimate of drug-likeness (QED) is 0.208. The van der Waals surface area contributed by atoms with E-state index in [4.69, 9.17) is 4.74 Å². The summed E-state index contributed by atoms with van der Waals surface area (Å²) >= 11 is 0. The number of carbonyl (C=O) groups is 1. The Labute approximate surface area is 231 Å². The highest BCUT2D eigenvalue weighted by Crippen LogP contribution is 2.46. The number of aryl methyl sites for hydroxylation is 1. The number of aromatic nitrogens is 1. The van der Waals surface area contributed by atoms with E-state index in [0.29, 0.717) is 44.1 Å². The lowest BCUT2D eigenvalue weighted by Gasteiger charge is -2.16. The minimum Gasteiger partial charge on any atom is -0.465 e. The van der Waals surface area contributed by atoms with Crippen molar-refractivity contribution in [2.45, 2.75) is 11.8 Å². The van der Waals surface area contributed by atoms with Gasteiger partial charge in [0.25, 0.3) is 10.0 Å². The van der Waals surface area contributed by atoms with E-state index in [1.54, 1.807) is 54.6 Å². The van der Waals surface area contributed by atoms with E-state index in [9.17, 15) is 17.6 Å². The summed E-state index contributed by atoms with van der Waals surface area (Å²) in [6.45, 7) is 1.89. The Morgan fingerprint density at radius 3 is 2.17 bits per heavy atom. The average molecular weight is 550 g/mol. The topological polar surface area (TPSA) is 65.4 Å². The van der Waals surface area contributed by atoms with E-state index >= 15 is 0 Å². The highest BCUT2D eigenvalue weighted by Gasteiger charge is 2.31. The lowest BCUT2D eigenvalue weighted by atomic mass is 9.90. The summed E-state index contributed by atoms with van der Waals surface area (Å²) in [4.78, 5) is 13.3. The van der Waals surface area contributed by atoms with Crippen LogP contribution in [0.3, 0.4) is 0 Å². The molecule has 0 saturated carbocycles. The summed E-state index contributed by atoms with van der Waals surface area (Å²) in [6.07, 6.45) is 0. The van der Waals surface area contributed by atoms with Crippen molar-refractivity contribution in [1.82, 2.24) is 3.97 Å². The molecule has 0 aliphatic heterocycles. The molecule has 0 aliphatic carbocycles. The van der Waals surface area contributed by atoms with Gasteiger partial charge >= 0.3 is 5.97 Å². The van der Waals surface area contributed by atoms with Gasteiger partial charge < -0.3 is 4.74 Å². The van der Waals surface area contributed by atoms with Crippen LogP contribution in [0, 0.1) is 12.7 Å². The first-order valence-electron chi connectivity index (χ1n) is 12.6. The van der Waals surface area contributed by atoms with Crippen molar-refractivity contribution in [3.63, 3.8) is 0 Å². The van der Waals surface area contributed by atoms with Crippen LogP contribution in [0.15, 0.2) is 114 Å². The third kappa shape index (κ3) is 4.06. The number of para-hydroxylation sites is 1. The molecule has 1 heterocycles. The number of benzene rings is 5. The van der Waals surface area contributed by atoms with Gasteiger partial charge in [-0.05, 0) is 59.7 Å². The largest absolute Gasteiger partial charge is 0.465 e. The standard InChI is InChI=1S/C33H24FNO4S/c1-21-12-17-25(18-13-21)40(37,38)35-29-11-7-6-10-26(29)31(32(35)23-8-4-3-5-9-23)30-27(33(36)39-2)19-15-22-14-16-24(34)20-28(22)30/h3-20H,1-2H3. The Balaban J connectivity index is 1.86. The van der Waals surface area contributed by atoms with Crippen molar-refractivity contribution < 1.29 is 22.3 Å². The monoisotopic (exact) mass is 549 g/mol. The van der Waals surface area contributed by atoms with Crippen molar-refractivity contribution in [3.8, 4) is 22.4 Å². The lowest BCUT2D eigenvalue weighted by Crippen LogP contribution is -2.14. The van der Waals surface area contributed by atoms with E-state index in [1.165, 1.54) is 23.2 Å². The maximum atomic E-state index is 14.7. The smallest absolute Gasteiger partial charge is 0.338 e. The van der Waals surface area contributed by atoms with Gasteiger partial charge in [-0.25, -0.2) is 21.6 Å². The van der Waals surface area contributed by atoms with Gasteiger partial charge in [0.1, 0.15) is 5.82 Å². The first-order valence-corrected chi connectivity index (χ1v) is 14.1. The zero-order valence-electron chi connectivity index (χ0n) is 21.8. The van der Waals surface area contributed by atoms with Gasteiger partial charge in [-0.2, -0.15) is 0 Å². The second-order valence-electron chi connectivity index (χ2n) is 9.53. The second-order valence-corrected chi connectivity index (χ2v) is 11.3. The van der Waals surface area contributed by atoms with Crippen LogP contribution >= 0.6 is 0 Å². The van der Waals surface area contributed by atoms with Crippen LogP contribution in [0.5, 0.6) is 0 Å². The van der Waals surface area contributed by atoms with Crippen molar-refractivity contribution in [2.24, 2.45) is 0 Å². The molecule has 0 aliphatic rings. The summed E-state index contributed by atoms with van der Waals surface area (Å²) in [5.41, 5.74) is 3.44. The number of ether oxygens (including phenoxy) is 1. The van der Waals surface area contributed by atoms with Crippen molar-refractivity contribution in [3.05, 3.63) is 126 Å². The minimum absolute atomic E-state index is 0.125. The average Bonchev–Trinajstić information content (AvgIpc) is 3.32. The molecule has 0 N–H and O–H groups in total. The molecule has 7 heteroatoms. The summed E-state index contributed by atoms with van der Waals surface area (Å²) < 4.78 is 50.0. The van der Waals surface area contributed by atoms with E-state index in [-0.39, 0.29) is 10.5 Å². The predicted octanol–water partition coefficient (Wildman–Crippen LogP) is 7.60. The van der Waals surface area contributed by atoms with Gasteiger partial charge in [-0.1, -0.05) is 78.4 Å². The summed E-state index contributed by atoms with van der Waals surface area (Å²) in [5, 5.41) is 1.76. The Bertz CT molecular complexity index is 2030. The fourth-order valence-corrected chi connectivity index (χ4v) is 6.78. The first kappa shape index (κ1) is 25.5. The summed E-state index contributed by atoms with van der Waals surface area (Å²) in [5.74, 6) is -1.09. The van der Waals surface area contributed by atoms with Gasteiger partial charge in [0.05, 0.1) is 28.8 Å².